The molecular weight excluding hydrogens is 380 g/mol. The fourth-order valence-corrected chi connectivity index (χ4v) is 3.82. The molecule has 0 radical (unpaired) electrons. The van der Waals surface area contributed by atoms with Crippen LogP contribution >= 0.6 is 0 Å². The summed E-state index contributed by atoms with van der Waals surface area (Å²) in [6.45, 7) is 5.80. The number of ether oxygens (including phenoxy) is 1. The lowest BCUT2D eigenvalue weighted by molar-refractivity contribution is 0.0600. The first-order valence-electron chi connectivity index (χ1n) is 10.7. The molecule has 7 heteroatoms. The van der Waals surface area contributed by atoms with E-state index in [0.29, 0.717) is 17.4 Å². The third kappa shape index (κ3) is 4.41. The Kier molecular flexibility index (Phi) is 5.90. The Labute approximate surface area is 177 Å². The van der Waals surface area contributed by atoms with Crippen LogP contribution in [0, 0.1) is 5.92 Å². The lowest BCUT2D eigenvalue weighted by Gasteiger charge is -2.31. The van der Waals surface area contributed by atoms with Gasteiger partial charge < -0.3 is 20.1 Å². The first-order chi connectivity index (χ1) is 14.5. The van der Waals surface area contributed by atoms with Crippen molar-refractivity contribution in [1.29, 1.82) is 0 Å². The minimum atomic E-state index is -0.301. The van der Waals surface area contributed by atoms with Crippen LogP contribution in [0.3, 0.4) is 0 Å². The minimum Gasteiger partial charge on any atom is -0.465 e. The van der Waals surface area contributed by atoms with Crippen molar-refractivity contribution in [2.75, 3.05) is 30.5 Å². The van der Waals surface area contributed by atoms with Gasteiger partial charge in [-0.1, -0.05) is 19.9 Å². The molecule has 1 aromatic carbocycles. The molecule has 2 aliphatic rings. The normalized spacial score (nSPS) is 16.9. The molecule has 160 valence electrons. The molecule has 1 aliphatic heterocycles. The van der Waals surface area contributed by atoms with Crippen molar-refractivity contribution in [1.82, 2.24) is 9.97 Å². The summed E-state index contributed by atoms with van der Waals surface area (Å²) in [7, 11) is 1.41. The molecule has 2 aromatic rings. The Morgan fingerprint density at radius 2 is 2.07 bits per heavy atom. The van der Waals surface area contributed by atoms with Gasteiger partial charge in [0.1, 0.15) is 17.5 Å². The Bertz CT molecular complexity index is 927. The molecule has 1 fully saturated rings. The second-order valence-corrected chi connectivity index (χ2v) is 8.57. The van der Waals surface area contributed by atoms with Gasteiger partial charge in [0, 0.05) is 25.1 Å². The van der Waals surface area contributed by atoms with Gasteiger partial charge in [-0.2, -0.15) is 0 Å². The zero-order chi connectivity index (χ0) is 21.3. The van der Waals surface area contributed by atoms with Crippen LogP contribution in [0.15, 0.2) is 24.3 Å². The molecule has 1 saturated carbocycles. The van der Waals surface area contributed by atoms with Crippen molar-refractivity contribution in [2.45, 2.75) is 51.6 Å². The lowest BCUT2D eigenvalue weighted by atomic mass is 9.97. The Hall–Kier alpha value is -2.67. The maximum absolute atomic E-state index is 11.8. The summed E-state index contributed by atoms with van der Waals surface area (Å²) in [5.74, 6) is 3.02. The third-order valence-corrected chi connectivity index (χ3v) is 5.97. The van der Waals surface area contributed by atoms with E-state index in [9.17, 15) is 9.90 Å². The number of aromatic nitrogens is 2. The average molecular weight is 411 g/mol. The quantitative estimate of drug-likeness (QED) is 0.678. The van der Waals surface area contributed by atoms with Crippen molar-refractivity contribution in [2.24, 2.45) is 5.92 Å². The zero-order valence-electron chi connectivity index (χ0n) is 17.9. The number of benzene rings is 1. The third-order valence-electron chi connectivity index (χ3n) is 5.97. The molecule has 4 rings (SSSR count). The molecule has 1 aliphatic carbocycles. The average Bonchev–Trinajstić information content (AvgIpc) is 3.61. The van der Waals surface area contributed by atoms with Gasteiger partial charge in [0.2, 0.25) is 0 Å². The predicted molar refractivity (Wildman–Crippen MR) is 116 cm³/mol. The second-order valence-electron chi connectivity index (χ2n) is 8.57. The molecule has 7 nitrogen and oxygen atoms in total. The number of carbonyl (C=O) groups excluding carboxylic acids is 1. The van der Waals surface area contributed by atoms with E-state index >= 15 is 0 Å². The number of anilines is 2. The molecule has 1 atom stereocenters. The van der Waals surface area contributed by atoms with Gasteiger partial charge in [0.15, 0.2) is 0 Å². The number of methoxy groups -OCH3 is 1. The van der Waals surface area contributed by atoms with Gasteiger partial charge in [-0.05, 0) is 48.4 Å². The Morgan fingerprint density at radius 3 is 2.73 bits per heavy atom. The van der Waals surface area contributed by atoms with Crippen LogP contribution in [0.2, 0.25) is 0 Å². The number of hydrogen-bond acceptors (Lipinski definition) is 7. The van der Waals surface area contributed by atoms with Crippen molar-refractivity contribution >= 4 is 17.6 Å². The molecule has 0 bridgehead atoms. The highest BCUT2D eigenvalue weighted by Crippen LogP contribution is 2.39. The Balaban J connectivity index is 1.58. The predicted octanol–water partition coefficient (Wildman–Crippen LogP) is 3.13. The van der Waals surface area contributed by atoms with Crippen molar-refractivity contribution < 1.29 is 14.6 Å². The summed E-state index contributed by atoms with van der Waals surface area (Å²) in [6.07, 6.45) is 3.11. The van der Waals surface area contributed by atoms with E-state index in [1.54, 1.807) is 0 Å². The summed E-state index contributed by atoms with van der Waals surface area (Å²) in [5, 5.41) is 13.1. The minimum absolute atomic E-state index is 0.0429. The van der Waals surface area contributed by atoms with Crippen LogP contribution in [-0.4, -0.2) is 47.3 Å². The first-order valence-corrected chi connectivity index (χ1v) is 10.7. The summed E-state index contributed by atoms with van der Waals surface area (Å²) in [4.78, 5) is 23.7. The number of hydrogen-bond donors (Lipinski definition) is 2. The summed E-state index contributed by atoms with van der Waals surface area (Å²) >= 11 is 0. The zero-order valence-corrected chi connectivity index (χ0v) is 17.9. The standard InChI is InChI=1S/C23H30N4O3/c1-14(2)19(13-28)24-20-11-21(26-22(25-20)15-4-5-15)27-9-8-16-10-17(23(29)30-3)6-7-18(16)12-27/h6-7,10-11,14-15,19,28H,4-5,8-9,12-13H2,1-3H3,(H,24,25,26)/t19-/m0/s1. The number of rotatable bonds is 7. The molecule has 0 unspecified atom stereocenters. The number of fused-ring (bicyclic) bond motifs is 1. The molecule has 30 heavy (non-hydrogen) atoms. The molecule has 2 N–H and O–H groups in total. The van der Waals surface area contributed by atoms with Crippen LogP contribution in [0.5, 0.6) is 0 Å². The number of esters is 1. The van der Waals surface area contributed by atoms with Crippen molar-refractivity contribution in [3.05, 3.63) is 46.8 Å². The van der Waals surface area contributed by atoms with Crippen LogP contribution in [-0.2, 0) is 17.7 Å². The SMILES string of the molecule is COC(=O)c1ccc2c(c1)CCN(c1cc(N[C@@H](CO)C(C)C)nc(C3CC3)n1)C2. The highest BCUT2D eigenvalue weighted by molar-refractivity contribution is 5.89. The smallest absolute Gasteiger partial charge is 0.337 e. The number of nitrogens with zero attached hydrogens (tertiary/aromatic N) is 3. The molecular formula is C23H30N4O3. The fourth-order valence-electron chi connectivity index (χ4n) is 3.82. The van der Waals surface area contributed by atoms with Crippen LogP contribution in [0.4, 0.5) is 11.6 Å². The van der Waals surface area contributed by atoms with E-state index in [2.05, 4.69) is 24.1 Å². The maximum atomic E-state index is 11.8. The highest BCUT2D eigenvalue weighted by atomic mass is 16.5. The Morgan fingerprint density at radius 1 is 1.27 bits per heavy atom. The van der Waals surface area contributed by atoms with Gasteiger partial charge in [0.05, 0.1) is 25.3 Å². The van der Waals surface area contributed by atoms with Gasteiger partial charge in [-0.25, -0.2) is 14.8 Å². The van der Waals surface area contributed by atoms with E-state index in [0.717, 1.165) is 49.8 Å². The van der Waals surface area contributed by atoms with Gasteiger partial charge >= 0.3 is 5.97 Å². The second kappa shape index (κ2) is 8.60. The number of aliphatic hydroxyl groups excluding tert-OH is 1. The molecule has 0 spiro atoms. The largest absolute Gasteiger partial charge is 0.465 e. The first kappa shape index (κ1) is 20.6. The molecule has 0 amide bonds. The highest BCUT2D eigenvalue weighted by Gasteiger charge is 2.29. The van der Waals surface area contributed by atoms with Crippen LogP contribution < -0.4 is 10.2 Å². The van der Waals surface area contributed by atoms with E-state index in [1.165, 1.54) is 18.2 Å². The van der Waals surface area contributed by atoms with E-state index in [4.69, 9.17) is 14.7 Å². The lowest BCUT2D eigenvalue weighted by Crippen LogP contribution is -2.33. The van der Waals surface area contributed by atoms with Gasteiger partial charge in [-0.15, -0.1) is 0 Å². The number of aliphatic hydroxyl groups is 1. The van der Waals surface area contributed by atoms with Gasteiger partial charge in [0.25, 0.3) is 0 Å². The van der Waals surface area contributed by atoms with E-state index in [-0.39, 0.29) is 18.6 Å². The topological polar surface area (TPSA) is 87.6 Å². The van der Waals surface area contributed by atoms with Crippen LogP contribution in [0.25, 0.3) is 0 Å². The van der Waals surface area contributed by atoms with Crippen molar-refractivity contribution in [3.63, 3.8) is 0 Å². The van der Waals surface area contributed by atoms with Gasteiger partial charge in [-0.3, -0.25) is 0 Å². The summed E-state index contributed by atoms with van der Waals surface area (Å²) < 4.78 is 4.84. The number of nitrogens with one attached hydrogen (secondary N) is 1. The molecule has 2 heterocycles. The molecule has 1 aromatic heterocycles. The monoisotopic (exact) mass is 410 g/mol. The van der Waals surface area contributed by atoms with Crippen LogP contribution in [0.1, 0.15) is 59.9 Å². The van der Waals surface area contributed by atoms with E-state index in [1.807, 2.05) is 24.3 Å². The maximum Gasteiger partial charge on any atom is 0.337 e. The fraction of sp³-hybridized carbons (Fsp3) is 0.522. The summed E-state index contributed by atoms with van der Waals surface area (Å²) in [6, 6.07) is 7.72. The number of carbonyl (C=O) groups is 1. The molecule has 0 saturated heterocycles. The van der Waals surface area contributed by atoms with Crippen molar-refractivity contribution in [3.8, 4) is 0 Å². The van der Waals surface area contributed by atoms with E-state index < -0.39 is 0 Å². The summed E-state index contributed by atoms with van der Waals surface area (Å²) in [5.41, 5.74) is 2.98.